The molecule has 0 unspecified atom stereocenters. The van der Waals surface area contributed by atoms with E-state index in [2.05, 4.69) is 15.2 Å². The zero-order chi connectivity index (χ0) is 21.7. The molecule has 3 rings (SSSR count). The van der Waals surface area contributed by atoms with Gasteiger partial charge in [0.1, 0.15) is 17.2 Å². The molecule has 160 valence electrons. The Bertz CT molecular complexity index is 885. The van der Waals surface area contributed by atoms with E-state index in [1.165, 1.54) is 0 Å². The third-order valence-corrected chi connectivity index (χ3v) is 4.62. The van der Waals surface area contributed by atoms with Gasteiger partial charge in [0, 0.05) is 31.7 Å². The van der Waals surface area contributed by atoms with Crippen LogP contribution in [0, 0.1) is 0 Å². The number of methoxy groups -OCH3 is 1. The van der Waals surface area contributed by atoms with E-state index >= 15 is 0 Å². The highest BCUT2D eigenvalue weighted by molar-refractivity contribution is 6.04. The maximum absolute atomic E-state index is 12.4. The van der Waals surface area contributed by atoms with Gasteiger partial charge < -0.3 is 24.6 Å². The number of carbonyl (C=O) groups is 2. The zero-order valence-corrected chi connectivity index (χ0v) is 17.8. The van der Waals surface area contributed by atoms with Gasteiger partial charge in [0.2, 0.25) is 0 Å². The molecule has 1 N–H and O–H groups in total. The van der Waals surface area contributed by atoms with Crippen LogP contribution in [0.4, 0.5) is 16.3 Å². The van der Waals surface area contributed by atoms with Crippen molar-refractivity contribution < 1.29 is 19.1 Å². The van der Waals surface area contributed by atoms with Gasteiger partial charge >= 0.3 is 6.09 Å². The minimum Gasteiger partial charge on any atom is -0.497 e. The SMILES string of the molecule is COc1cccc(C(=O)Nc2ccc(N3CCN(C(=O)OC(C)(C)C)CC3)cn2)c1. The predicted octanol–water partition coefficient (Wildman–Crippen LogP) is 3.40. The molecule has 1 fully saturated rings. The van der Waals surface area contributed by atoms with Crippen LogP contribution in [-0.4, -0.2) is 60.8 Å². The van der Waals surface area contributed by atoms with Crippen LogP contribution in [0.2, 0.25) is 0 Å². The molecule has 0 aliphatic carbocycles. The molecule has 8 heteroatoms. The molecule has 1 aromatic heterocycles. The number of piperazine rings is 1. The number of amides is 2. The first-order chi connectivity index (χ1) is 14.2. The van der Waals surface area contributed by atoms with E-state index in [1.807, 2.05) is 26.8 Å². The highest BCUT2D eigenvalue weighted by Gasteiger charge is 2.26. The summed E-state index contributed by atoms with van der Waals surface area (Å²) in [6.07, 6.45) is 1.44. The molecular formula is C22H28N4O4. The van der Waals surface area contributed by atoms with Crippen molar-refractivity contribution in [1.29, 1.82) is 0 Å². The second-order valence-electron chi connectivity index (χ2n) is 8.04. The molecule has 2 amide bonds. The van der Waals surface area contributed by atoms with Gasteiger partial charge in [0.15, 0.2) is 0 Å². The molecule has 8 nitrogen and oxygen atoms in total. The number of hydrogen-bond acceptors (Lipinski definition) is 6. The summed E-state index contributed by atoms with van der Waals surface area (Å²) in [7, 11) is 1.56. The zero-order valence-electron chi connectivity index (χ0n) is 17.8. The summed E-state index contributed by atoms with van der Waals surface area (Å²) < 4.78 is 10.6. The van der Waals surface area contributed by atoms with Gasteiger partial charge in [0.25, 0.3) is 5.91 Å². The van der Waals surface area contributed by atoms with Crippen molar-refractivity contribution in [2.24, 2.45) is 0 Å². The maximum atomic E-state index is 12.4. The standard InChI is InChI=1S/C22H28N4O4/c1-22(2,3)30-21(28)26-12-10-25(11-13-26)17-8-9-19(23-15-17)24-20(27)16-6-5-7-18(14-16)29-4/h5-9,14-15H,10-13H2,1-4H3,(H,23,24,27). The lowest BCUT2D eigenvalue weighted by Crippen LogP contribution is -2.50. The van der Waals surface area contributed by atoms with E-state index < -0.39 is 5.60 Å². The Kier molecular flexibility index (Phi) is 6.44. The molecule has 1 aliphatic rings. The van der Waals surface area contributed by atoms with Crippen LogP contribution in [0.3, 0.4) is 0 Å². The van der Waals surface area contributed by atoms with Crippen LogP contribution in [0.5, 0.6) is 5.75 Å². The first-order valence-electron chi connectivity index (χ1n) is 9.89. The minimum atomic E-state index is -0.497. The van der Waals surface area contributed by atoms with Gasteiger partial charge in [-0.2, -0.15) is 0 Å². The van der Waals surface area contributed by atoms with Gasteiger partial charge in [-0.05, 0) is 51.1 Å². The molecule has 0 spiro atoms. The highest BCUT2D eigenvalue weighted by Crippen LogP contribution is 2.19. The maximum Gasteiger partial charge on any atom is 0.410 e. The second-order valence-corrected chi connectivity index (χ2v) is 8.04. The van der Waals surface area contributed by atoms with Crippen molar-refractivity contribution in [3.63, 3.8) is 0 Å². The number of benzene rings is 1. The van der Waals surface area contributed by atoms with E-state index in [0.29, 0.717) is 43.3 Å². The summed E-state index contributed by atoms with van der Waals surface area (Å²) in [5, 5.41) is 2.79. The van der Waals surface area contributed by atoms with Crippen LogP contribution < -0.4 is 15.0 Å². The Hall–Kier alpha value is -3.29. The molecule has 0 bridgehead atoms. The Balaban J connectivity index is 1.55. The van der Waals surface area contributed by atoms with Gasteiger partial charge in [-0.3, -0.25) is 4.79 Å². The summed E-state index contributed by atoms with van der Waals surface area (Å²) in [6, 6.07) is 10.6. The average Bonchev–Trinajstić information content (AvgIpc) is 2.73. The summed E-state index contributed by atoms with van der Waals surface area (Å²) in [5.41, 5.74) is 0.945. The molecular weight excluding hydrogens is 384 g/mol. The van der Waals surface area contributed by atoms with E-state index in [0.717, 1.165) is 5.69 Å². The van der Waals surface area contributed by atoms with Crippen molar-refractivity contribution in [2.45, 2.75) is 26.4 Å². The second kappa shape index (κ2) is 9.02. The number of nitrogens with one attached hydrogen (secondary N) is 1. The van der Waals surface area contributed by atoms with Crippen LogP contribution >= 0.6 is 0 Å². The number of anilines is 2. The summed E-state index contributed by atoms with van der Waals surface area (Å²) in [5.74, 6) is 0.843. The summed E-state index contributed by atoms with van der Waals surface area (Å²) in [4.78, 5) is 32.8. The van der Waals surface area contributed by atoms with Crippen LogP contribution in [0.1, 0.15) is 31.1 Å². The summed E-state index contributed by atoms with van der Waals surface area (Å²) in [6.45, 7) is 8.14. The smallest absolute Gasteiger partial charge is 0.410 e. The van der Waals surface area contributed by atoms with Crippen molar-refractivity contribution >= 4 is 23.5 Å². The van der Waals surface area contributed by atoms with Crippen molar-refractivity contribution in [3.05, 3.63) is 48.2 Å². The monoisotopic (exact) mass is 412 g/mol. The van der Waals surface area contributed by atoms with Gasteiger partial charge in [-0.25, -0.2) is 9.78 Å². The van der Waals surface area contributed by atoms with Crippen LogP contribution in [0.15, 0.2) is 42.6 Å². The van der Waals surface area contributed by atoms with E-state index in [-0.39, 0.29) is 12.0 Å². The fourth-order valence-corrected chi connectivity index (χ4v) is 3.07. The number of hydrogen-bond donors (Lipinski definition) is 1. The number of rotatable bonds is 4. The molecule has 2 heterocycles. The Morgan fingerprint density at radius 1 is 1.07 bits per heavy atom. The van der Waals surface area contributed by atoms with Crippen LogP contribution in [0.25, 0.3) is 0 Å². The van der Waals surface area contributed by atoms with Gasteiger partial charge in [0.05, 0.1) is 19.0 Å². The Morgan fingerprint density at radius 3 is 2.40 bits per heavy atom. The molecule has 1 aromatic carbocycles. The number of ether oxygens (including phenoxy) is 2. The van der Waals surface area contributed by atoms with Gasteiger partial charge in [-0.1, -0.05) is 6.07 Å². The number of carbonyl (C=O) groups excluding carboxylic acids is 2. The number of nitrogens with zero attached hydrogens (tertiary/aromatic N) is 3. The lowest BCUT2D eigenvalue weighted by molar-refractivity contribution is 0.0240. The molecule has 1 aliphatic heterocycles. The van der Waals surface area contributed by atoms with Crippen molar-refractivity contribution in [2.75, 3.05) is 43.5 Å². The Morgan fingerprint density at radius 2 is 1.80 bits per heavy atom. The average molecular weight is 412 g/mol. The van der Waals surface area contributed by atoms with Crippen molar-refractivity contribution in [1.82, 2.24) is 9.88 Å². The predicted molar refractivity (Wildman–Crippen MR) is 115 cm³/mol. The van der Waals surface area contributed by atoms with Gasteiger partial charge in [-0.15, -0.1) is 0 Å². The highest BCUT2D eigenvalue weighted by atomic mass is 16.6. The van der Waals surface area contributed by atoms with Crippen LogP contribution in [-0.2, 0) is 4.74 Å². The minimum absolute atomic E-state index is 0.250. The molecule has 30 heavy (non-hydrogen) atoms. The first kappa shape index (κ1) is 21.4. The largest absolute Gasteiger partial charge is 0.497 e. The first-order valence-corrected chi connectivity index (χ1v) is 9.89. The quantitative estimate of drug-likeness (QED) is 0.829. The van der Waals surface area contributed by atoms with E-state index in [4.69, 9.17) is 9.47 Å². The third kappa shape index (κ3) is 5.62. The fourth-order valence-electron chi connectivity index (χ4n) is 3.07. The van der Waals surface area contributed by atoms with E-state index in [1.54, 1.807) is 48.5 Å². The summed E-state index contributed by atoms with van der Waals surface area (Å²) >= 11 is 0. The normalized spacial score (nSPS) is 14.3. The molecule has 0 atom stereocenters. The topological polar surface area (TPSA) is 84.0 Å². The molecule has 0 saturated carbocycles. The third-order valence-electron chi connectivity index (χ3n) is 4.62. The lowest BCUT2D eigenvalue weighted by atomic mass is 10.2. The van der Waals surface area contributed by atoms with E-state index in [9.17, 15) is 9.59 Å². The molecule has 1 saturated heterocycles. The number of pyridine rings is 1. The lowest BCUT2D eigenvalue weighted by Gasteiger charge is -2.36. The molecule has 0 radical (unpaired) electrons. The molecule has 2 aromatic rings. The Labute approximate surface area is 176 Å². The van der Waals surface area contributed by atoms with Crippen molar-refractivity contribution in [3.8, 4) is 5.75 Å². The fraction of sp³-hybridized carbons (Fsp3) is 0.409. The number of aromatic nitrogens is 1.